The van der Waals surface area contributed by atoms with Gasteiger partial charge in [0, 0.05) is 62.8 Å². The first-order chi connectivity index (χ1) is 23.5. The maximum atomic E-state index is 5.32. The fraction of sp³-hybridized carbons (Fsp3) is 0.326. The fourth-order valence-corrected chi connectivity index (χ4v) is 6.75. The Hall–Kier alpha value is -4.77. The number of para-hydroxylation sites is 1. The number of hydrogen-bond acceptors (Lipinski definition) is 5. The van der Waals surface area contributed by atoms with Crippen molar-refractivity contribution in [2.24, 2.45) is 5.10 Å². The standard InChI is InChI=1S/C43H53N5/c1-7-45(8-2)39-26-19-35(20-27-39)18-25-38-34-43(48(44-38)42-16-14-13-15-17-42,37-23-30-41(31-24-37)47(11-5)12-6)33-32-36-21-28-40(29-22-36)46(9-3)10-4/h13-33H,7-12,34H2,1-6H3. The molecule has 0 N–H and O–H groups in total. The van der Waals surface area contributed by atoms with Gasteiger partial charge in [-0.15, -0.1) is 0 Å². The number of hydrazone groups is 1. The van der Waals surface area contributed by atoms with Gasteiger partial charge in [-0.1, -0.05) is 72.8 Å². The topological polar surface area (TPSA) is 25.3 Å². The average Bonchev–Trinajstić information content (AvgIpc) is 3.52. The molecule has 0 aliphatic carbocycles. The second kappa shape index (κ2) is 16.4. The van der Waals surface area contributed by atoms with Crippen LogP contribution in [0.25, 0.3) is 12.2 Å². The summed E-state index contributed by atoms with van der Waals surface area (Å²) in [6, 6.07) is 37.5. The molecule has 0 amide bonds. The number of allylic oxidation sites excluding steroid dienone is 1. The van der Waals surface area contributed by atoms with E-state index in [1.165, 1.54) is 33.8 Å². The van der Waals surface area contributed by atoms with Crippen LogP contribution in [0.15, 0.2) is 120 Å². The summed E-state index contributed by atoms with van der Waals surface area (Å²) in [6.45, 7) is 19.2. The van der Waals surface area contributed by atoms with Crippen LogP contribution in [-0.4, -0.2) is 45.0 Å². The minimum atomic E-state index is -0.507. The Balaban J connectivity index is 1.55. The van der Waals surface area contributed by atoms with E-state index in [4.69, 9.17) is 5.10 Å². The SMILES string of the molecule is CCN(CC)c1ccc(C=CC2=NN(c3ccccc3)C(C=Cc3ccc(N(CC)CC)cc3)(c3ccc(N(CC)CC)cc3)C2)cc1. The Morgan fingerprint density at radius 1 is 0.542 bits per heavy atom. The molecule has 5 rings (SSSR count). The van der Waals surface area contributed by atoms with Crippen LogP contribution in [0.2, 0.25) is 0 Å². The number of hydrogen-bond donors (Lipinski definition) is 0. The monoisotopic (exact) mass is 639 g/mol. The molecule has 48 heavy (non-hydrogen) atoms. The Bertz CT molecular complexity index is 1640. The second-order valence-corrected chi connectivity index (χ2v) is 12.3. The lowest BCUT2D eigenvalue weighted by atomic mass is 9.83. The summed E-state index contributed by atoms with van der Waals surface area (Å²) in [5.74, 6) is 0. The molecule has 1 aliphatic heterocycles. The highest BCUT2D eigenvalue weighted by atomic mass is 15.5. The molecule has 5 heteroatoms. The zero-order chi connectivity index (χ0) is 33.9. The van der Waals surface area contributed by atoms with Gasteiger partial charge in [0.1, 0.15) is 5.54 Å². The lowest BCUT2D eigenvalue weighted by Gasteiger charge is -2.36. The van der Waals surface area contributed by atoms with Crippen molar-refractivity contribution < 1.29 is 0 Å². The van der Waals surface area contributed by atoms with Gasteiger partial charge in [-0.2, -0.15) is 5.10 Å². The van der Waals surface area contributed by atoms with Gasteiger partial charge in [0.05, 0.1) is 11.4 Å². The normalized spacial score (nSPS) is 16.1. The molecular weight excluding hydrogens is 587 g/mol. The number of rotatable bonds is 15. The van der Waals surface area contributed by atoms with Gasteiger partial charge < -0.3 is 14.7 Å². The molecule has 4 aromatic rings. The van der Waals surface area contributed by atoms with E-state index in [0.29, 0.717) is 0 Å². The summed E-state index contributed by atoms with van der Waals surface area (Å²) in [5, 5.41) is 7.55. The second-order valence-electron chi connectivity index (χ2n) is 12.3. The van der Waals surface area contributed by atoms with Crippen LogP contribution in [0.1, 0.15) is 64.7 Å². The highest BCUT2D eigenvalue weighted by Gasteiger charge is 2.42. The average molecular weight is 640 g/mol. The lowest BCUT2D eigenvalue weighted by Crippen LogP contribution is -2.38. The van der Waals surface area contributed by atoms with Crippen molar-refractivity contribution in [3.8, 4) is 0 Å². The molecule has 0 saturated heterocycles. The number of anilines is 4. The summed E-state index contributed by atoms with van der Waals surface area (Å²) in [6.07, 6.45) is 9.77. The first-order valence-corrected chi connectivity index (χ1v) is 17.8. The van der Waals surface area contributed by atoms with Crippen LogP contribution in [0.3, 0.4) is 0 Å². The summed E-state index contributed by atoms with van der Waals surface area (Å²) >= 11 is 0. The molecule has 1 atom stereocenters. The van der Waals surface area contributed by atoms with E-state index in [-0.39, 0.29) is 0 Å². The molecule has 1 unspecified atom stereocenters. The first kappa shape index (κ1) is 34.6. The molecule has 0 spiro atoms. The van der Waals surface area contributed by atoms with Crippen molar-refractivity contribution in [3.63, 3.8) is 0 Å². The molecule has 1 aliphatic rings. The highest BCUT2D eigenvalue weighted by Crippen LogP contribution is 2.43. The number of nitrogens with zero attached hydrogens (tertiary/aromatic N) is 5. The van der Waals surface area contributed by atoms with Crippen molar-refractivity contribution in [2.45, 2.75) is 53.5 Å². The van der Waals surface area contributed by atoms with Crippen molar-refractivity contribution in [2.75, 3.05) is 59.0 Å². The molecule has 0 aromatic heterocycles. The summed E-state index contributed by atoms with van der Waals surface area (Å²) in [4.78, 5) is 7.14. The third-order valence-corrected chi connectivity index (χ3v) is 9.62. The molecule has 0 saturated carbocycles. The van der Waals surface area contributed by atoms with E-state index < -0.39 is 5.54 Å². The van der Waals surface area contributed by atoms with Gasteiger partial charge in [-0.05, 0) is 113 Å². The van der Waals surface area contributed by atoms with Crippen LogP contribution in [0, 0.1) is 0 Å². The summed E-state index contributed by atoms with van der Waals surface area (Å²) in [7, 11) is 0. The van der Waals surface area contributed by atoms with Crippen LogP contribution in [0.5, 0.6) is 0 Å². The predicted octanol–water partition coefficient (Wildman–Crippen LogP) is 10.1. The zero-order valence-electron chi connectivity index (χ0n) is 29.8. The van der Waals surface area contributed by atoms with Gasteiger partial charge >= 0.3 is 0 Å². The van der Waals surface area contributed by atoms with Crippen molar-refractivity contribution in [1.82, 2.24) is 0 Å². The maximum absolute atomic E-state index is 5.32. The smallest absolute Gasteiger partial charge is 0.112 e. The van der Waals surface area contributed by atoms with Crippen LogP contribution < -0.4 is 19.7 Å². The minimum Gasteiger partial charge on any atom is -0.372 e. The van der Waals surface area contributed by atoms with Crippen molar-refractivity contribution in [1.29, 1.82) is 0 Å². The lowest BCUT2D eigenvalue weighted by molar-refractivity contribution is 0.558. The molecule has 0 radical (unpaired) electrons. The molecular formula is C43H53N5. The quantitative estimate of drug-likeness (QED) is 0.129. The summed E-state index contributed by atoms with van der Waals surface area (Å²) in [5.41, 5.74) is 8.93. The third kappa shape index (κ3) is 7.68. The van der Waals surface area contributed by atoms with Crippen LogP contribution in [-0.2, 0) is 5.54 Å². The zero-order valence-corrected chi connectivity index (χ0v) is 29.8. The highest BCUT2D eigenvalue weighted by molar-refractivity contribution is 6.02. The molecule has 250 valence electrons. The maximum Gasteiger partial charge on any atom is 0.112 e. The Kier molecular flexibility index (Phi) is 11.8. The van der Waals surface area contributed by atoms with Gasteiger partial charge in [0.15, 0.2) is 0 Å². The molecule has 1 heterocycles. The van der Waals surface area contributed by atoms with Crippen molar-refractivity contribution >= 4 is 40.6 Å². The Morgan fingerprint density at radius 3 is 1.44 bits per heavy atom. The van der Waals surface area contributed by atoms with Gasteiger partial charge in [-0.3, -0.25) is 5.01 Å². The Labute approximate surface area is 289 Å². The van der Waals surface area contributed by atoms with E-state index >= 15 is 0 Å². The fourth-order valence-electron chi connectivity index (χ4n) is 6.75. The molecule has 0 bridgehead atoms. The minimum absolute atomic E-state index is 0.507. The van der Waals surface area contributed by atoms with E-state index in [0.717, 1.165) is 57.1 Å². The largest absolute Gasteiger partial charge is 0.372 e. The molecule has 0 fully saturated rings. The third-order valence-electron chi connectivity index (χ3n) is 9.62. The Morgan fingerprint density at radius 2 is 0.979 bits per heavy atom. The predicted molar refractivity (Wildman–Crippen MR) is 211 cm³/mol. The van der Waals surface area contributed by atoms with Gasteiger partial charge in [-0.25, -0.2) is 0 Å². The number of benzene rings is 4. The van der Waals surface area contributed by atoms with E-state index in [9.17, 15) is 0 Å². The van der Waals surface area contributed by atoms with E-state index in [2.05, 4.69) is 189 Å². The van der Waals surface area contributed by atoms with Crippen LogP contribution >= 0.6 is 0 Å². The van der Waals surface area contributed by atoms with E-state index in [1.54, 1.807) is 0 Å². The van der Waals surface area contributed by atoms with Gasteiger partial charge in [0.25, 0.3) is 0 Å². The van der Waals surface area contributed by atoms with Crippen LogP contribution in [0.4, 0.5) is 22.7 Å². The molecule has 5 nitrogen and oxygen atoms in total. The summed E-state index contributed by atoms with van der Waals surface area (Å²) < 4.78 is 0. The van der Waals surface area contributed by atoms with Crippen molar-refractivity contribution in [3.05, 3.63) is 132 Å². The molecule has 4 aromatic carbocycles. The van der Waals surface area contributed by atoms with Gasteiger partial charge in [0.2, 0.25) is 0 Å². The first-order valence-electron chi connectivity index (χ1n) is 17.8. The van der Waals surface area contributed by atoms with E-state index in [1.807, 2.05) is 0 Å².